The van der Waals surface area contributed by atoms with Gasteiger partial charge in [0.15, 0.2) is 0 Å². The van der Waals surface area contributed by atoms with Crippen molar-refractivity contribution >= 4 is 0 Å². The molecule has 1 fully saturated rings. The first-order valence-electron chi connectivity index (χ1n) is 6.69. The quantitative estimate of drug-likeness (QED) is 0.506. The van der Waals surface area contributed by atoms with Crippen LogP contribution in [-0.4, -0.2) is 0 Å². The first-order chi connectivity index (χ1) is 7.00. The SMILES string of the molecule is CC1/C=C\C2C(CC2(C)C)C(C)CCC1. The maximum atomic E-state index is 2.54. The molecule has 0 bridgehead atoms. The Bertz CT molecular complexity index is 249. The number of hydrogen-bond donors (Lipinski definition) is 0. The van der Waals surface area contributed by atoms with Crippen molar-refractivity contribution in [3.63, 3.8) is 0 Å². The molecule has 2 aliphatic rings. The van der Waals surface area contributed by atoms with Crippen molar-refractivity contribution in [1.82, 2.24) is 0 Å². The van der Waals surface area contributed by atoms with Crippen LogP contribution in [0, 0.1) is 29.1 Å². The lowest BCUT2D eigenvalue weighted by atomic mass is 9.52. The van der Waals surface area contributed by atoms with Gasteiger partial charge in [-0.1, -0.05) is 52.7 Å². The van der Waals surface area contributed by atoms with Crippen LogP contribution in [0.1, 0.15) is 53.4 Å². The summed E-state index contributed by atoms with van der Waals surface area (Å²) in [4.78, 5) is 0. The largest absolute Gasteiger partial charge is 0.0854 e. The lowest BCUT2D eigenvalue weighted by Gasteiger charge is -2.53. The topological polar surface area (TPSA) is 0 Å². The van der Waals surface area contributed by atoms with Crippen molar-refractivity contribution in [1.29, 1.82) is 0 Å². The van der Waals surface area contributed by atoms with E-state index in [4.69, 9.17) is 0 Å². The normalized spacial score (nSPS) is 46.7. The molecule has 0 amide bonds. The fourth-order valence-electron chi connectivity index (χ4n) is 3.63. The molecular weight excluding hydrogens is 180 g/mol. The molecule has 0 aliphatic heterocycles. The molecule has 4 atom stereocenters. The highest BCUT2D eigenvalue weighted by Gasteiger charge is 2.47. The average Bonchev–Trinajstić information content (AvgIpc) is 2.18. The Morgan fingerprint density at radius 2 is 1.80 bits per heavy atom. The minimum atomic E-state index is 0.569. The fraction of sp³-hybridized carbons (Fsp3) is 0.867. The van der Waals surface area contributed by atoms with Gasteiger partial charge in [-0.3, -0.25) is 0 Å². The molecule has 2 rings (SSSR count). The highest BCUT2D eigenvalue weighted by molar-refractivity contribution is 5.09. The van der Waals surface area contributed by atoms with E-state index in [1.165, 1.54) is 25.7 Å². The van der Waals surface area contributed by atoms with E-state index >= 15 is 0 Å². The van der Waals surface area contributed by atoms with Crippen LogP contribution < -0.4 is 0 Å². The van der Waals surface area contributed by atoms with Crippen LogP contribution in [-0.2, 0) is 0 Å². The Morgan fingerprint density at radius 3 is 2.47 bits per heavy atom. The summed E-state index contributed by atoms with van der Waals surface area (Å²) in [6.07, 6.45) is 10.7. The molecule has 1 saturated carbocycles. The van der Waals surface area contributed by atoms with E-state index in [1.54, 1.807) is 0 Å². The Labute approximate surface area is 95.1 Å². The molecule has 0 aromatic rings. The van der Waals surface area contributed by atoms with Gasteiger partial charge in [-0.25, -0.2) is 0 Å². The standard InChI is InChI=1S/C15H26/c1-11-6-5-7-12(2)13-10-15(3,4)14(13)9-8-11/h8-9,11-14H,5-7,10H2,1-4H3/b9-8-. The van der Waals surface area contributed by atoms with E-state index < -0.39 is 0 Å². The zero-order valence-corrected chi connectivity index (χ0v) is 10.8. The summed E-state index contributed by atoms with van der Waals surface area (Å²) >= 11 is 0. The number of allylic oxidation sites excluding steroid dienone is 2. The number of fused-ring (bicyclic) bond motifs is 1. The van der Waals surface area contributed by atoms with Gasteiger partial charge in [-0.05, 0) is 41.9 Å². The van der Waals surface area contributed by atoms with Crippen molar-refractivity contribution < 1.29 is 0 Å². The van der Waals surface area contributed by atoms with Gasteiger partial charge in [0.1, 0.15) is 0 Å². The second kappa shape index (κ2) is 3.96. The molecule has 0 saturated heterocycles. The minimum Gasteiger partial charge on any atom is -0.0854 e. The third-order valence-corrected chi connectivity index (χ3v) is 4.82. The van der Waals surface area contributed by atoms with Gasteiger partial charge in [-0.15, -0.1) is 0 Å². The van der Waals surface area contributed by atoms with E-state index in [9.17, 15) is 0 Å². The average molecular weight is 206 g/mol. The van der Waals surface area contributed by atoms with E-state index in [-0.39, 0.29) is 0 Å². The molecule has 2 aliphatic carbocycles. The molecule has 0 aromatic carbocycles. The highest BCUT2D eigenvalue weighted by atomic mass is 14.5. The van der Waals surface area contributed by atoms with Gasteiger partial charge in [-0.2, -0.15) is 0 Å². The van der Waals surface area contributed by atoms with Gasteiger partial charge >= 0.3 is 0 Å². The number of rotatable bonds is 0. The Hall–Kier alpha value is -0.260. The summed E-state index contributed by atoms with van der Waals surface area (Å²) in [6.45, 7) is 9.71. The van der Waals surface area contributed by atoms with Gasteiger partial charge in [0.25, 0.3) is 0 Å². The Kier molecular flexibility index (Phi) is 2.96. The van der Waals surface area contributed by atoms with E-state index in [2.05, 4.69) is 39.8 Å². The van der Waals surface area contributed by atoms with E-state index in [0.29, 0.717) is 5.41 Å². The third-order valence-electron chi connectivity index (χ3n) is 4.82. The van der Waals surface area contributed by atoms with Crippen LogP contribution >= 0.6 is 0 Å². The highest BCUT2D eigenvalue weighted by Crippen LogP contribution is 2.55. The zero-order chi connectivity index (χ0) is 11.1. The van der Waals surface area contributed by atoms with Gasteiger partial charge < -0.3 is 0 Å². The third kappa shape index (κ3) is 2.14. The summed E-state index contributed by atoms with van der Waals surface area (Å²) < 4.78 is 0. The summed E-state index contributed by atoms with van der Waals surface area (Å²) in [6, 6.07) is 0. The molecule has 0 heteroatoms. The van der Waals surface area contributed by atoms with Crippen LogP contribution in [0.25, 0.3) is 0 Å². The Morgan fingerprint density at radius 1 is 1.07 bits per heavy atom. The van der Waals surface area contributed by atoms with Crippen LogP contribution in [0.15, 0.2) is 12.2 Å². The van der Waals surface area contributed by atoms with Gasteiger partial charge in [0.2, 0.25) is 0 Å². The summed E-state index contributed by atoms with van der Waals surface area (Å²) in [5.41, 5.74) is 0.569. The van der Waals surface area contributed by atoms with Crippen molar-refractivity contribution in [2.24, 2.45) is 29.1 Å². The van der Waals surface area contributed by atoms with Crippen molar-refractivity contribution in [3.05, 3.63) is 12.2 Å². The van der Waals surface area contributed by atoms with Crippen molar-refractivity contribution in [2.45, 2.75) is 53.4 Å². The summed E-state index contributed by atoms with van der Waals surface area (Å²) in [5.74, 6) is 3.57. The van der Waals surface area contributed by atoms with Gasteiger partial charge in [0.05, 0.1) is 0 Å². The van der Waals surface area contributed by atoms with Crippen LogP contribution in [0.5, 0.6) is 0 Å². The smallest absolute Gasteiger partial charge is 0.0151 e. The second-order valence-corrected chi connectivity index (χ2v) is 6.65. The second-order valence-electron chi connectivity index (χ2n) is 6.65. The summed E-state index contributed by atoms with van der Waals surface area (Å²) in [7, 11) is 0. The monoisotopic (exact) mass is 206 g/mol. The maximum Gasteiger partial charge on any atom is -0.0151 e. The van der Waals surface area contributed by atoms with Crippen molar-refractivity contribution in [2.75, 3.05) is 0 Å². The molecule has 0 heterocycles. The lowest BCUT2D eigenvalue weighted by molar-refractivity contribution is -0.0117. The molecule has 4 unspecified atom stereocenters. The lowest BCUT2D eigenvalue weighted by Crippen LogP contribution is -2.45. The van der Waals surface area contributed by atoms with Crippen molar-refractivity contribution in [3.8, 4) is 0 Å². The Balaban J connectivity index is 2.13. The molecule has 15 heavy (non-hydrogen) atoms. The molecule has 0 aromatic heterocycles. The molecule has 0 spiro atoms. The number of hydrogen-bond acceptors (Lipinski definition) is 0. The van der Waals surface area contributed by atoms with Gasteiger partial charge in [0, 0.05) is 0 Å². The fourth-order valence-corrected chi connectivity index (χ4v) is 3.63. The van der Waals surface area contributed by atoms with E-state index in [1.807, 2.05) is 0 Å². The molecule has 0 radical (unpaired) electrons. The first kappa shape index (κ1) is 11.2. The molecule has 0 nitrogen and oxygen atoms in total. The van der Waals surface area contributed by atoms with Crippen LogP contribution in [0.2, 0.25) is 0 Å². The minimum absolute atomic E-state index is 0.569. The summed E-state index contributed by atoms with van der Waals surface area (Å²) in [5, 5.41) is 0. The van der Waals surface area contributed by atoms with Crippen LogP contribution in [0.3, 0.4) is 0 Å². The van der Waals surface area contributed by atoms with E-state index in [0.717, 1.165) is 23.7 Å². The molecule has 86 valence electrons. The van der Waals surface area contributed by atoms with Crippen LogP contribution in [0.4, 0.5) is 0 Å². The predicted octanol–water partition coefficient (Wildman–Crippen LogP) is 4.66. The first-order valence-corrected chi connectivity index (χ1v) is 6.69. The predicted molar refractivity (Wildman–Crippen MR) is 66.7 cm³/mol. The molecule has 0 N–H and O–H groups in total. The maximum absolute atomic E-state index is 2.54. The molecular formula is C15H26. The zero-order valence-electron chi connectivity index (χ0n) is 10.8.